The average Bonchev–Trinajstić information content (AvgIpc) is 2.35. The number of anilines is 1. The van der Waals surface area contributed by atoms with Crippen molar-refractivity contribution < 1.29 is 5.21 Å². The van der Waals surface area contributed by atoms with E-state index < -0.39 is 0 Å². The van der Waals surface area contributed by atoms with E-state index in [0.29, 0.717) is 5.92 Å². The first kappa shape index (κ1) is 13.4. The van der Waals surface area contributed by atoms with Crippen molar-refractivity contribution in [3.05, 3.63) is 29.8 Å². The molecule has 4 N–H and O–H groups in total. The third-order valence-electron chi connectivity index (χ3n) is 2.79. The Morgan fingerprint density at radius 3 is 2.59 bits per heavy atom. The highest BCUT2D eigenvalue weighted by molar-refractivity contribution is 5.88. The van der Waals surface area contributed by atoms with E-state index in [1.165, 1.54) is 5.56 Å². The monoisotopic (exact) mass is 235 g/mol. The van der Waals surface area contributed by atoms with Crippen LogP contribution in [0.15, 0.2) is 29.4 Å². The largest absolute Gasteiger partial charge is 0.409 e. The minimum Gasteiger partial charge on any atom is -0.409 e. The van der Waals surface area contributed by atoms with E-state index in [1.54, 1.807) is 0 Å². The average molecular weight is 235 g/mol. The van der Waals surface area contributed by atoms with Gasteiger partial charge in [-0.1, -0.05) is 44.1 Å². The van der Waals surface area contributed by atoms with Crippen molar-refractivity contribution in [2.45, 2.75) is 39.2 Å². The lowest BCUT2D eigenvalue weighted by atomic mass is 10.0. The molecule has 0 bridgehead atoms. The molecule has 17 heavy (non-hydrogen) atoms. The zero-order valence-electron chi connectivity index (χ0n) is 10.6. The fourth-order valence-corrected chi connectivity index (χ4v) is 1.77. The Hall–Kier alpha value is -1.71. The highest BCUT2D eigenvalue weighted by atomic mass is 16.4. The molecule has 0 aliphatic rings. The van der Waals surface area contributed by atoms with E-state index in [4.69, 9.17) is 10.9 Å². The van der Waals surface area contributed by atoms with Gasteiger partial charge in [0.25, 0.3) is 0 Å². The summed E-state index contributed by atoms with van der Waals surface area (Å²) in [5.41, 5.74) is 7.91. The van der Waals surface area contributed by atoms with Crippen LogP contribution < -0.4 is 11.1 Å². The summed E-state index contributed by atoms with van der Waals surface area (Å²) < 4.78 is 0. The summed E-state index contributed by atoms with van der Waals surface area (Å²) in [5, 5.41) is 15.1. The molecule has 0 aromatic heterocycles. The summed E-state index contributed by atoms with van der Waals surface area (Å²) >= 11 is 0. The predicted molar refractivity (Wildman–Crippen MR) is 71.6 cm³/mol. The zero-order valence-corrected chi connectivity index (χ0v) is 10.6. The summed E-state index contributed by atoms with van der Waals surface area (Å²) in [6.07, 6.45) is 0.766. The molecule has 0 spiro atoms. The van der Waals surface area contributed by atoms with Crippen LogP contribution >= 0.6 is 0 Å². The van der Waals surface area contributed by atoms with Gasteiger partial charge in [-0.2, -0.15) is 0 Å². The number of nitrogens with one attached hydrogen (secondary N) is 1. The summed E-state index contributed by atoms with van der Waals surface area (Å²) in [4.78, 5) is 0. The molecule has 0 aliphatic heterocycles. The van der Waals surface area contributed by atoms with Crippen LogP contribution in [-0.2, 0) is 0 Å². The topological polar surface area (TPSA) is 70.6 Å². The maximum atomic E-state index is 8.72. The lowest BCUT2D eigenvalue weighted by molar-refractivity contribution is 0.316. The molecular weight excluding hydrogens is 214 g/mol. The van der Waals surface area contributed by atoms with E-state index in [9.17, 15) is 0 Å². The molecule has 0 radical (unpaired) electrons. The van der Waals surface area contributed by atoms with Gasteiger partial charge in [0.15, 0.2) is 5.84 Å². The van der Waals surface area contributed by atoms with Gasteiger partial charge < -0.3 is 16.3 Å². The van der Waals surface area contributed by atoms with Crippen LogP contribution in [0.3, 0.4) is 0 Å². The SMILES string of the molecule is CCC(Nc1ccccc1C(C)C)C(N)=NO. The molecule has 0 heterocycles. The summed E-state index contributed by atoms with van der Waals surface area (Å²) in [6, 6.07) is 7.97. The third kappa shape index (κ3) is 3.37. The summed E-state index contributed by atoms with van der Waals surface area (Å²) in [7, 11) is 0. The van der Waals surface area contributed by atoms with Gasteiger partial charge in [0.2, 0.25) is 0 Å². The second-order valence-corrected chi connectivity index (χ2v) is 4.37. The van der Waals surface area contributed by atoms with E-state index >= 15 is 0 Å². The molecule has 4 heteroatoms. The van der Waals surface area contributed by atoms with Gasteiger partial charge in [-0.3, -0.25) is 0 Å². The molecule has 0 fully saturated rings. The quantitative estimate of drug-likeness (QED) is 0.318. The molecule has 1 aromatic carbocycles. The minimum absolute atomic E-state index is 0.139. The zero-order chi connectivity index (χ0) is 12.8. The number of nitrogens with two attached hydrogens (primary N) is 1. The van der Waals surface area contributed by atoms with E-state index in [2.05, 4.69) is 30.4 Å². The van der Waals surface area contributed by atoms with Gasteiger partial charge in [-0.05, 0) is 24.0 Å². The second-order valence-electron chi connectivity index (χ2n) is 4.37. The summed E-state index contributed by atoms with van der Waals surface area (Å²) in [5.74, 6) is 0.648. The second kappa shape index (κ2) is 6.13. The Morgan fingerprint density at radius 1 is 1.41 bits per heavy atom. The number of nitrogens with zero attached hydrogens (tertiary/aromatic N) is 1. The molecule has 1 atom stereocenters. The Morgan fingerprint density at radius 2 is 2.06 bits per heavy atom. The standard InChI is InChI=1S/C13H21N3O/c1-4-11(13(14)16-17)15-12-8-6-5-7-10(12)9(2)3/h5-9,11,15,17H,4H2,1-3H3,(H2,14,16). The smallest absolute Gasteiger partial charge is 0.161 e. The fraction of sp³-hybridized carbons (Fsp3) is 0.462. The van der Waals surface area contributed by atoms with Crippen molar-refractivity contribution in [2.75, 3.05) is 5.32 Å². The Labute approximate surface area is 103 Å². The van der Waals surface area contributed by atoms with Crippen LogP contribution in [0.25, 0.3) is 0 Å². The van der Waals surface area contributed by atoms with Gasteiger partial charge in [0.05, 0.1) is 6.04 Å². The van der Waals surface area contributed by atoms with Crippen molar-refractivity contribution in [1.29, 1.82) is 0 Å². The lowest BCUT2D eigenvalue weighted by Gasteiger charge is -2.20. The first-order valence-electron chi connectivity index (χ1n) is 5.93. The van der Waals surface area contributed by atoms with Gasteiger partial charge in [-0.25, -0.2) is 0 Å². The molecule has 94 valence electrons. The lowest BCUT2D eigenvalue weighted by Crippen LogP contribution is -2.35. The van der Waals surface area contributed by atoms with E-state index in [1.807, 2.05) is 25.1 Å². The Kier molecular flexibility index (Phi) is 4.82. The van der Waals surface area contributed by atoms with E-state index in [-0.39, 0.29) is 11.9 Å². The number of benzene rings is 1. The predicted octanol–water partition coefficient (Wildman–Crippen LogP) is 2.75. The molecule has 1 unspecified atom stereocenters. The highest BCUT2D eigenvalue weighted by Crippen LogP contribution is 2.24. The van der Waals surface area contributed by atoms with Gasteiger partial charge in [0.1, 0.15) is 0 Å². The van der Waals surface area contributed by atoms with Crippen molar-refractivity contribution in [3.63, 3.8) is 0 Å². The number of hydrogen-bond donors (Lipinski definition) is 3. The minimum atomic E-state index is -0.139. The first-order valence-corrected chi connectivity index (χ1v) is 5.93. The molecule has 1 rings (SSSR count). The van der Waals surface area contributed by atoms with Gasteiger partial charge >= 0.3 is 0 Å². The number of para-hydroxylation sites is 1. The van der Waals surface area contributed by atoms with Crippen LogP contribution in [0.5, 0.6) is 0 Å². The Bertz CT molecular complexity index is 388. The highest BCUT2D eigenvalue weighted by Gasteiger charge is 2.14. The van der Waals surface area contributed by atoms with Crippen LogP contribution in [0.4, 0.5) is 5.69 Å². The fourth-order valence-electron chi connectivity index (χ4n) is 1.77. The number of hydrogen-bond acceptors (Lipinski definition) is 3. The molecule has 0 amide bonds. The summed E-state index contributed by atoms with van der Waals surface area (Å²) in [6.45, 7) is 6.28. The maximum Gasteiger partial charge on any atom is 0.161 e. The molecule has 0 aliphatic carbocycles. The van der Waals surface area contributed by atoms with Crippen LogP contribution in [0.1, 0.15) is 38.7 Å². The molecule has 0 saturated carbocycles. The maximum absolute atomic E-state index is 8.72. The Balaban J connectivity index is 2.93. The molecule has 1 aromatic rings. The van der Waals surface area contributed by atoms with Crippen molar-refractivity contribution >= 4 is 11.5 Å². The number of rotatable bonds is 5. The van der Waals surface area contributed by atoms with Crippen LogP contribution in [-0.4, -0.2) is 17.1 Å². The van der Waals surface area contributed by atoms with Crippen LogP contribution in [0, 0.1) is 0 Å². The van der Waals surface area contributed by atoms with E-state index in [0.717, 1.165) is 12.1 Å². The van der Waals surface area contributed by atoms with Gasteiger partial charge in [0, 0.05) is 5.69 Å². The van der Waals surface area contributed by atoms with Gasteiger partial charge in [-0.15, -0.1) is 0 Å². The molecular formula is C13H21N3O. The van der Waals surface area contributed by atoms with Crippen molar-refractivity contribution in [3.8, 4) is 0 Å². The number of amidine groups is 1. The normalized spacial score (nSPS) is 13.8. The number of oxime groups is 1. The van der Waals surface area contributed by atoms with Crippen LogP contribution in [0.2, 0.25) is 0 Å². The van der Waals surface area contributed by atoms with Crippen molar-refractivity contribution in [1.82, 2.24) is 0 Å². The molecule has 4 nitrogen and oxygen atoms in total. The third-order valence-corrected chi connectivity index (χ3v) is 2.79. The van der Waals surface area contributed by atoms with Crippen molar-refractivity contribution in [2.24, 2.45) is 10.9 Å². The molecule has 0 saturated heterocycles. The first-order chi connectivity index (χ1) is 8.10.